The molecule has 0 radical (unpaired) electrons. The molecule has 116 valence electrons. The minimum atomic E-state index is -1.08. The molecule has 0 saturated heterocycles. The van der Waals surface area contributed by atoms with Gasteiger partial charge in [0, 0.05) is 13.6 Å². The summed E-state index contributed by atoms with van der Waals surface area (Å²) in [6, 6.07) is 4.32. The fourth-order valence-electron chi connectivity index (χ4n) is 1.82. The molecular weight excluding hydrogens is 275 g/mol. The molecule has 0 fully saturated rings. The molecule has 0 saturated carbocycles. The van der Waals surface area contributed by atoms with Gasteiger partial charge in [0.05, 0.1) is 0 Å². The lowest BCUT2D eigenvalue weighted by atomic mass is 9.87. The smallest absolute Gasteiger partial charge is 0.326 e. The van der Waals surface area contributed by atoms with Crippen LogP contribution in [-0.2, 0) is 11.3 Å². The second-order valence-electron chi connectivity index (χ2n) is 6.07. The van der Waals surface area contributed by atoms with Gasteiger partial charge in [-0.25, -0.2) is 14.0 Å². The first kappa shape index (κ1) is 16.9. The second kappa shape index (κ2) is 6.56. The van der Waals surface area contributed by atoms with Crippen LogP contribution < -0.4 is 5.32 Å². The van der Waals surface area contributed by atoms with Gasteiger partial charge in [0.1, 0.15) is 11.9 Å². The number of nitrogens with one attached hydrogen (secondary N) is 1. The lowest BCUT2D eigenvalue weighted by molar-refractivity contribution is -0.142. The predicted octanol–water partition coefficient (Wildman–Crippen LogP) is 2.47. The van der Waals surface area contributed by atoms with E-state index in [-0.39, 0.29) is 12.4 Å². The zero-order chi connectivity index (χ0) is 16.2. The van der Waals surface area contributed by atoms with E-state index >= 15 is 0 Å². The maximum absolute atomic E-state index is 12.8. The highest BCUT2D eigenvalue weighted by Crippen LogP contribution is 2.19. The Labute approximate surface area is 123 Å². The molecule has 1 unspecified atom stereocenters. The zero-order valence-electron chi connectivity index (χ0n) is 12.7. The number of amides is 2. The van der Waals surface area contributed by atoms with Crippen molar-refractivity contribution in [2.45, 2.75) is 33.4 Å². The maximum Gasteiger partial charge on any atom is 0.326 e. The minimum Gasteiger partial charge on any atom is -0.480 e. The number of halogens is 1. The third-order valence-electron chi connectivity index (χ3n) is 3.06. The largest absolute Gasteiger partial charge is 0.480 e. The Hall–Kier alpha value is -2.11. The van der Waals surface area contributed by atoms with E-state index in [2.05, 4.69) is 5.32 Å². The molecule has 0 spiro atoms. The van der Waals surface area contributed by atoms with Gasteiger partial charge in [-0.3, -0.25) is 0 Å². The molecule has 0 aliphatic rings. The summed E-state index contributed by atoms with van der Waals surface area (Å²) in [6.07, 6.45) is 0. The van der Waals surface area contributed by atoms with Crippen molar-refractivity contribution in [1.82, 2.24) is 10.2 Å². The molecule has 0 heterocycles. The summed E-state index contributed by atoms with van der Waals surface area (Å²) in [7, 11) is 1.56. The van der Waals surface area contributed by atoms with Crippen LogP contribution in [0.15, 0.2) is 24.3 Å². The summed E-state index contributed by atoms with van der Waals surface area (Å²) < 4.78 is 12.8. The average molecular weight is 296 g/mol. The van der Waals surface area contributed by atoms with Crippen LogP contribution in [-0.4, -0.2) is 35.1 Å². The summed E-state index contributed by atoms with van der Waals surface area (Å²) >= 11 is 0. The molecule has 1 rings (SSSR count). The van der Waals surface area contributed by atoms with Crippen molar-refractivity contribution in [3.63, 3.8) is 0 Å². The third-order valence-corrected chi connectivity index (χ3v) is 3.06. The lowest BCUT2D eigenvalue weighted by Crippen LogP contribution is -2.52. The monoisotopic (exact) mass is 296 g/mol. The van der Waals surface area contributed by atoms with E-state index in [4.69, 9.17) is 0 Å². The lowest BCUT2D eigenvalue weighted by Gasteiger charge is -2.29. The Kier molecular flexibility index (Phi) is 5.29. The van der Waals surface area contributed by atoms with Gasteiger partial charge in [0.2, 0.25) is 0 Å². The van der Waals surface area contributed by atoms with Crippen molar-refractivity contribution >= 4 is 12.0 Å². The van der Waals surface area contributed by atoms with E-state index in [0.717, 1.165) is 5.56 Å². The van der Waals surface area contributed by atoms with Crippen LogP contribution in [0.25, 0.3) is 0 Å². The van der Waals surface area contributed by atoms with Crippen LogP contribution in [0.3, 0.4) is 0 Å². The minimum absolute atomic E-state index is 0.266. The number of benzene rings is 1. The van der Waals surface area contributed by atoms with Crippen molar-refractivity contribution in [3.05, 3.63) is 35.6 Å². The van der Waals surface area contributed by atoms with E-state index in [1.165, 1.54) is 17.0 Å². The van der Waals surface area contributed by atoms with Crippen molar-refractivity contribution in [3.8, 4) is 0 Å². The number of carbonyl (C=O) groups is 2. The summed E-state index contributed by atoms with van der Waals surface area (Å²) in [5, 5.41) is 11.7. The first-order chi connectivity index (χ1) is 9.61. The average Bonchev–Trinajstić information content (AvgIpc) is 2.36. The maximum atomic E-state index is 12.8. The van der Waals surface area contributed by atoms with Gasteiger partial charge < -0.3 is 15.3 Å². The van der Waals surface area contributed by atoms with Crippen molar-refractivity contribution in [2.24, 2.45) is 5.41 Å². The summed E-state index contributed by atoms with van der Waals surface area (Å²) in [5.74, 6) is -1.42. The van der Waals surface area contributed by atoms with E-state index in [1.54, 1.807) is 40.0 Å². The normalized spacial score (nSPS) is 12.6. The van der Waals surface area contributed by atoms with Crippen molar-refractivity contribution in [2.75, 3.05) is 7.05 Å². The van der Waals surface area contributed by atoms with Crippen LogP contribution in [0.4, 0.5) is 9.18 Å². The van der Waals surface area contributed by atoms with Gasteiger partial charge in [0.25, 0.3) is 0 Å². The van der Waals surface area contributed by atoms with E-state index in [1.807, 2.05) is 0 Å². The number of hydrogen-bond donors (Lipinski definition) is 2. The first-order valence-electron chi connectivity index (χ1n) is 6.60. The molecular formula is C15H21FN2O3. The van der Waals surface area contributed by atoms with Gasteiger partial charge in [0.15, 0.2) is 0 Å². The summed E-state index contributed by atoms with van der Waals surface area (Å²) in [6.45, 7) is 5.49. The van der Waals surface area contributed by atoms with Crippen molar-refractivity contribution < 1.29 is 19.1 Å². The number of aliphatic carboxylic acids is 1. The van der Waals surface area contributed by atoms with Gasteiger partial charge in [-0.05, 0) is 23.1 Å². The number of nitrogens with zero attached hydrogens (tertiary/aromatic N) is 1. The summed E-state index contributed by atoms with van der Waals surface area (Å²) in [5.41, 5.74) is 0.162. The molecule has 1 aromatic rings. The van der Waals surface area contributed by atoms with E-state index in [9.17, 15) is 19.1 Å². The molecule has 0 bridgehead atoms. The Morgan fingerprint density at radius 3 is 2.24 bits per heavy atom. The molecule has 0 aliphatic carbocycles. The highest BCUT2D eigenvalue weighted by atomic mass is 19.1. The Balaban J connectivity index is 2.69. The third kappa shape index (κ3) is 5.06. The Morgan fingerprint density at radius 1 is 1.29 bits per heavy atom. The van der Waals surface area contributed by atoms with E-state index in [0.29, 0.717) is 0 Å². The molecule has 0 aliphatic heterocycles. The van der Waals surface area contributed by atoms with Crippen molar-refractivity contribution in [1.29, 1.82) is 0 Å². The topological polar surface area (TPSA) is 69.6 Å². The number of carboxylic acids is 1. The fourth-order valence-corrected chi connectivity index (χ4v) is 1.82. The second-order valence-corrected chi connectivity index (χ2v) is 6.07. The number of urea groups is 1. The predicted molar refractivity (Wildman–Crippen MR) is 77.3 cm³/mol. The number of carbonyl (C=O) groups excluding carboxylic acids is 1. The fraction of sp³-hybridized carbons (Fsp3) is 0.467. The number of hydrogen-bond acceptors (Lipinski definition) is 2. The Bertz CT molecular complexity index is 509. The van der Waals surface area contributed by atoms with E-state index < -0.39 is 23.5 Å². The number of rotatable bonds is 4. The van der Waals surface area contributed by atoms with Crippen LogP contribution >= 0.6 is 0 Å². The molecule has 5 nitrogen and oxygen atoms in total. The first-order valence-corrected chi connectivity index (χ1v) is 6.60. The molecule has 2 N–H and O–H groups in total. The molecule has 1 aromatic carbocycles. The quantitative estimate of drug-likeness (QED) is 0.896. The van der Waals surface area contributed by atoms with Gasteiger partial charge >= 0.3 is 12.0 Å². The molecule has 21 heavy (non-hydrogen) atoms. The molecule has 0 aromatic heterocycles. The highest BCUT2D eigenvalue weighted by Gasteiger charge is 2.33. The van der Waals surface area contributed by atoms with Crippen LogP contribution in [0, 0.1) is 11.2 Å². The highest BCUT2D eigenvalue weighted by molar-refractivity contribution is 5.83. The van der Waals surface area contributed by atoms with Gasteiger partial charge in [-0.1, -0.05) is 32.9 Å². The van der Waals surface area contributed by atoms with Crippen LogP contribution in [0.5, 0.6) is 0 Å². The number of carboxylic acid groups (broad SMARTS) is 1. The molecule has 1 atom stereocenters. The molecule has 2 amide bonds. The summed E-state index contributed by atoms with van der Waals surface area (Å²) in [4.78, 5) is 24.6. The van der Waals surface area contributed by atoms with Gasteiger partial charge in [-0.15, -0.1) is 0 Å². The van der Waals surface area contributed by atoms with Gasteiger partial charge in [-0.2, -0.15) is 0 Å². The SMILES string of the molecule is CN(Cc1ccc(F)cc1)C(=O)NC(C(=O)O)C(C)(C)C. The zero-order valence-corrected chi connectivity index (χ0v) is 12.7. The van der Waals surface area contributed by atoms with Crippen LogP contribution in [0.1, 0.15) is 26.3 Å². The molecule has 6 heteroatoms. The Morgan fingerprint density at radius 2 is 1.81 bits per heavy atom. The van der Waals surface area contributed by atoms with Crippen LogP contribution in [0.2, 0.25) is 0 Å². The standard InChI is InChI=1S/C15H21FN2O3/c1-15(2,3)12(13(19)20)17-14(21)18(4)9-10-5-7-11(16)8-6-10/h5-8,12H,9H2,1-4H3,(H,17,21)(H,19,20).